The van der Waals surface area contributed by atoms with Gasteiger partial charge in [0.2, 0.25) is 0 Å². The third-order valence-corrected chi connectivity index (χ3v) is 4.90. The lowest BCUT2D eigenvalue weighted by molar-refractivity contribution is 0.197. The van der Waals surface area contributed by atoms with Crippen LogP contribution in [0.25, 0.3) is 0 Å². The zero-order valence-electron chi connectivity index (χ0n) is 12.4. The Morgan fingerprint density at radius 1 is 1.26 bits per heavy atom. The first-order valence-corrected chi connectivity index (χ1v) is 7.49. The van der Waals surface area contributed by atoms with E-state index in [4.69, 9.17) is 0 Å². The zero-order chi connectivity index (χ0) is 13.9. The fraction of sp³-hybridized carbons (Fsp3) is 0.688. The molecule has 19 heavy (non-hydrogen) atoms. The van der Waals surface area contributed by atoms with Gasteiger partial charge in [0.05, 0.1) is 6.10 Å². The molecule has 0 aromatic carbocycles. The van der Waals surface area contributed by atoms with Gasteiger partial charge in [0, 0.05) is 19.3 Å². The highest BCUT2D eigenvalue weighted by molar-refractivity contribution is 5.40. The number of hydrogen-bond acceptors (Lipinski definition) is 3. The second kappa shape index (κ2) is 5.91. The van der Waals surface area contributed by atoms with Gasteiger partial charge in [-0.1, -0.05) is 32.8 Å². The van der Waals surface area contributed by atoms with Gasteiger partial charge in [0.15, 0.2) is 0 Å². The van der Waals surface area contributed by atoms with Crippen molar-refractivity contribution in [2.24, 2.45) is 5.41 Å². The van der Waals surface area contributed by atoms with Gasteiger partial charge in [-0.05, 0) is 36.8 Å². The smallest absolute Gasteiger partial charge is 0.128 e. The van der Waals surface area contributed by atoms with Crippen molar-refractivity contribution in [1.29, 1.82) is 0 Å². The monoisotopic (exact) mass is 262 g/mol. The first kappa shape index (κ1) is 14.3. The summed E-state index contributed by atoms with van der Waals surface area (Å²) in [5, 5.41) is 9.50. The number of pyridine rings is 1. The standard InChI is InChI=1S/C16H26N2O/c1-4-16(5-2)8-10-18(11-9-16)15-7-6-14(12-17-15)13(3)19/h6-7,12-13,19H,4-5,8-11H2,1-3H3. The summed E-state index contributed by atoms with van der Waals surface area (Å²) < 4.78 is 0. The molecule has 1 unspecified atom stereocenters. The maximum absolute atomic E-state index is 9.50. The molecular weight excluding hydrogens is 236 g/mol. The summed E-state index contributed by atoms with van der Waals surface area (Å²) in [6.45, 7) is 8.60. The first-order chi connectivity index (χ1) is 9.10. The molecule has 106 valence electrons. The van der Waals surface area contributed by atoms with Gasteiger partial charge < -0.3 is 10.0 Å². The minimum absolute atomic E-state index is 0.435. The minimum Gasteiger partial charge on any atom is -0.389 e. The molecule has 1 saturated heterocycles. The van der Waals surface area contributed by atoms with E-state index in [-0.39, 0.29) is 0 Å². The molecule has 1 fully saturated rings. The van der Waals surface area contributed by atoms with Gasteiger partial charge >= 0.3 is 0 Å². The molecule has 1 aliphatic heterocycles. The fourth-order valence-electron chi connectivity index (χ4n) is 3.00. The number of aromatic nitrogens is 1. The lowest BCUT2D eigenvalue weighted by Gasteiger charge is -2.41. The number of nitrogens with zero attached hydrogens (tertiary/aromatic N) is 2. The number of rotatable bonds is 4. The second-order valence-corrected chi connectivity index (χ2v) is 5.82. The lowest BCUT2D eigenvalue weighted by atomic mass is 9.74. The topological polar surface area (TPSA) is 36.4 Å². The normalized spacial score (nSPS) is 20.3. The molecule has 1 aliphatic rings. The van der Waals surface area contributed by atoms with Gasteiger partial charge in [0.1, 0.15) is 5.82 Å². The maximum Gasteiger partial charge on any atom is 0.128 e. The van der Waals surface area contributed by atoms with Crippen LogP contribution in [0.1, 0.15) is 58.1 Å². The first-order valence-electron chi connectivity index (χ1n) is 7.49. The van der Waals surface area contributed by atoms with E-state index < -0.39 is 6.10 Å². The van der Waals surface area contributed by atoms with Crippen LogP contribution in [0.3, 0.4) is 0 Å². The number of anilines is 1. The number of hydrogen-bond donors (Lipinski definition) is 1. The Morgan fingerprint density at radius 2 is 1.89 bits per heavy atom. The Kier molecular flexibility index (Phi) is 4.46. The van der Waals surface area contributed by atoms with Crippen LogP contribution in [-0.4, -0.2) is 23.2 Å². The molecule has 0 bridgehead atoms. The Labute approximate surface area is 116 Å². The molecule has 0 amide bonds. The summed E-state index contributed by atoms with van der Waals surface area (Å²) in [5.41, 5.74) is 1.44. The summed E-state index contributed by atoms with van der Waals surface area (Å²) in [7, 11) is 0. The van der Waals surface area contributed by atoms with Crippen molar-refractivity contribution in [2.45, 2.75) is 52.6 Å². The van der Waals surface area contributed by atoms with Crippen molar-refractivity contribution < 1.29 is 5.11 Å². The van der Waals surface area contributed by atoms with Crippen LogP contribution >= 0.6 is 0 Å². The molecular formula is C16H26N2O. The third-order valence-electron chi connectivity index (χ3n) is 4.90. The van der Waals surface area contributed by atoms with Crippen molar-refractivity contribution in [2.75, 3.05) is 18.0 Å². The van der Waals surface area contributed by atoms with Gasteiger partial charge in [0.25, 0.3) is 0 Å². The van der Waals surface area contributed by atoms with Crippen molar-refractivity contribution >= 4 is 5.82 Å². The molecule has 2 rings (SSSR count). The van der Waals surface area contributed by atoms with Gasteiger partial charge in [-0.15, -0.1) is 0 Å². The van der Waals surface area contributed by atoms with E-state index in [0.29, 0.717) is 5.41 Å². The average Bonchev–Trinajstić information content (AvgIpc) is 2.47. The van der Waals surface area contributed by atoms with Crippen molar-refractivity contribution in [3.63, 3.8) is 0 Å². The van der Waals surface area contributed by atoms with E-state index in [1.54, 1.807) is 13.1 Å². The van der Waals surface area contributed by atoms with Crippen LogP contribution in [-0.2, 0) is 0 Å². The van der Waals surface area contributed by atoms with Crippen LogP contribution in [0, 0.1) is 5.41 Å². The van der Waals surface area contributed by atoms with Crippen LogP contribution in [0.5, 0.6) is 0 Å². The second-order valence-electron chi connectivity index (χ2n) is 5.82. The van der Waals surface area contributed by atoms with E-state index in [1.165, 1.54) is 25.7 Å². The number of aliphatic hydroxyl groups excluding tert-OH is 1. The van der Waals surface area contributed by atoms with Crippen molar-refractivity contribution in [1.82, 2.24) is 4.98 Å². The van der Waals surface area contributed by atoms with Gasteiger partial charge in [-0.2, -0.15) is 0 Å². The summed E-state index contributed by atoms with van der Waals surface area (Å²) in [5.74, 6) is 1.05. The number of piperidine rings is 1. The van der Waals surface area contributed by atoms with Gasteiger partial charge in [-0.25, -0.2) is 4.98 Å². The molecule has 0 saturated carbocycles. The summed E-state index contributed by atoms with van der Waals surface area (Å²) >= 11 is 0. The summed E-state index contributed by atoms with van der Waals surface area (Å²) in [6.07, 6.45) is 6.45. The fourth-order valence-corrected chi connectivity index (χ4v) is 3.00. The van der Waals surface area contributed by atoms with Crippen LogP contribution in [0.15, 0.2) is 18.3 Å². The van der Waals surface area contributed by atoms with Crippen LogP contribution in [0.4, 0.5) is 5.82 Å². The molecule has 0 spiro atoms. The largest absolute Gasteiger partial charge is 0.389 e. The van der Waals surface area contributed by atoms with E-state index in [2.05, 4.69) is 23.7 Å². The average molecular weight is 262 g/mol. The Hall–Kier alpha value is -1.09. The third kappa shape index (κ3) is 3.08. The summed E-state index contributed by atoms with van der Waals surface area (Å²) in [4.78, 5) is 6.86. The van der Waals surface area contributed by atoms with E-state index in [9.17, 15) is 5.11 Å². The summed E-state index contributed by atoms with van der Waals surface area (Å²) in [6, 6.07) is 4.02. The van der Waals surface area contributed by atoms with Crippen LogP contribution < -0.4 is 4.90 Å². The minimum atomic E-state index is -0.435. The lowest BCUT2D eigenvalue weighted by Crippen LogP contribution is -2.40. The predicted molar refractivity (Wildman–Crippen MR) is 79.3 cm³/mol. The molecule has 0 aliphatic carbocycles. The molecule has 3 nitrogen and oxygen atoms in total. The van der Waals surface area contributed by atoms with Crippen LogP contribution in [0.2, 0.25) is 0 Å². The Balaban J connectivity index is 2.01. The molecule has 1 aromatic heterocycles. The molecule has 0 radical (unpaired) electrons. The van der Waals surface area contributed by atoms with E-state index in [0.717, 1.165) is 24.5 Å². The Morgan fingerprint density at radius 3 is 2.32 bits per heavy atom. The molecule has 1 N–H and O–H groups in total. The molecule has 1 atom stereocenters. The zero-order valence-corrected chi connectivity index (χ0v) is 12.4. The van der Waals surface area contributed by atoms with Crippen molar-refractivity contribution in [3.05, 3.63) is 23.9 Å². The van der Waals surface area contributed by atoms with E-state index >= 15 is 0 Å². The molecule has 2 heterocycles. The molecule has 1 aromatic rings. The van der Waals surface area contributed by atoms with E-state index in [1.807, 2.05) is 12.1 Å². The molecule has 3 heteroatoms. The highest BCUT2D eigenvalue weighted by atomic mass is 16.3. The highest BCUT2D eigenvalue weighted by Crippen LogP contribution is 2.38. The van der Waals surface area contributed by atoms with Crippen molar-refractivity contribution in [3.8, 4) is 0 Å². The highest BCUT2D eigenvalue weighted by Gasteiger charge is 2.31. The SMILES string of the molecule is CCC1(CC)CCN(c2ccc(C(C)O)cn2)CC1. The van der Waals surface area contributed by atoms with Gasteiger partial charge in [-0.3, -0.25) is 0 Å². The predicted octanol–water partition coefficient (Wildman–Crippen LogP) is 3.54. The Bertz CT molecular complexity index is 386. The maximum atomic E-state index is 9.50. The number of aliphatic hydroxyl groups is 1. The quantitative estimate of drug-likeness (QED) is 0.901.